The molecule has 0 aliphatic carbocycles. The van der Waals surface area contributed by atoms with Crippen LogP contribution in [0.2, 0.25) is 0 Å². The van der Waals surface area contributed by atoms with E-state index in [1.54, 1.807) is 6.20 Å². The van der Waals surface area contributed by atoms with Crippen LogP contribution in [0.5, 0.6) is 11.8 Å². The second-order valence-corrected chi connectivity index (χ2v) is 5.81. The third-order valence-electron chi connectivity index (χ3n) is 3.97. The van der Waals surface area contributed by atoms with Gasteiger partial charge in [-0.25, -0.2) is 4.98 Å². The third-order valence-corrected chi connectivity index (χ3v) is 3.97. The predicted molar refractivity (Wildman–Crippen MR) is 96.7 cm³/mol. The SMILES string of the molecule is CCCOc1cnc2c(n1)OC(c1ccccc1)Nc1ccccc1-2. The molecular formula is C20H19N3O2. The largest absolute Gasteiger partial charge is 0.477 e. The van der Waals surface area contributed by atoms with Gasteiger partial charge >= 0.3 is 0 Å². The van der Waals surface area contributed by atoms with Gasteiger partial charge in [0, 0.05) is 16.8 Å². The van der Waals surface area contributed by atoms with E-state index in [1.807, 2.05) is 54.6 Å². The summed E-state index contributed by atoms with van der Waals surface area (Å²) < 4.78 is 11.8. The van der Waals surface area contributed by atoms with Gasteiger partial charge in [0.1, 0.15) is 5.69 Å². The van der Waals surface area contributed by atoms with E-state index in [4.69, 9.17) is 9.47 Å². The van der Waals surface area contributed by atoms with Crippen molar-refractivity contribution in [2.75, 3.05) is 11.9 Å². The highest BCUT2D eigenvalue weighted by molar-refractivity contribution is 5.79. The lowest BCUT2D eigenvalue weighted by atomic mass is 10.1. The number of rotatable bonds is 4. The smallest absolute Gasteiger partial charge is 0.246 e. The van der Waals surface area contributed by atoms with Gasteiger partial charge in [0.05, 0.1) is 12.8 Å². The molecule has 0 amide bonds. The zero-order chi connectivity index (χ0) is 17.1. The summed E-state index contributed by atoms with van der Waals surface area (Å²) >= 11 is 0. The van der Waals surface area contributed by atoms with Gasteiger partial charge in [-0.05, 0) is 12.5 Å². The average molecular weight is 333 g/mol. The minimum atomic E-state index is -0.348. The molecule has 1 atom stereocenters. The Bertz CT molecular complexity index is 868. The molecule has 1 aliphatic rings. The molecule has 1 N–H and O–H groups in total. The lowest BCUT2D eigenvalue weighted by Crippen LogP contribution is -2.16. The number of nitrogens with zero attached hydrogens (tertiary/aromatic N) is 2. The van der Waals surface area contributed by atoms with Crippen LogP contribution in [0.3, 0.4) is 0 Å². The fourth-order valence-corrected chi connectivity index (χ4v) is 2.78. The van der Waals surface area contributed by atoms with E-state index in [9.17, 15) is 0 Å². The molecule has 2 aromatic carbocycles. The van der Waals surface area contributed by atoms with E-state index < -0.39 is 0 Å². The first-order chi connectivity index (χ1) is 12.3. The zero-order valence-corrected chi connectivity index (χ0v) is 14.0. The molecule has 0 spiro atoms. The highest BCUT2D eigenvalue weighted by atomic mass is 16.5. The van der Waals surface area contributed by atoms with Gasteiger partial charge in [0.15, 0.2) is 6.23 Å². The molecule has 5 heteroatoms. The fraction of sp³-hybridized carbons (Fsp3) is 0.200. The van der Waals surface area contributed by atoms with Gasteiger partial charge in [-0.2, -0.15) is 4.98 Å². The van der Waals surface area contributed by atoms with Crippen LogP contribution in [0, 0.1) is 0 Å². The second kappa shape index (κ2) is 6.81. The summed E-state index contributed by atoms with van der Waals surface area (Å²) in [6, 6.07) is 18.0. The van der Waals surface area contributed by atoms with E-state index in [2.05, 4.69) is 22.2 Å². The molecule has 1 aliphatic heterocycles. The van der Waals surface area contributed by atoms with Crippen LogP contribution in [-0.4, -0.2) is 16.6 Å². The molecule has 126 valence electrons. The summed E-state index contributed by atoms with van der Waals surface area (Å²) in [4.78, 5) is 9.09. The average Bonchev–Trinajstić information content (AvgIpc) is 2.83. The number of ether oxygens (including phenoxy) is 2. The van der Waals surface area contributed by atoms with E-state index in [0.717, 1.165) is 23.2 Å². The molecule has 0 fully saturated rings. The van der Waals surface area contributed by atoms with Crippen molar-refractivity contribution >= 4 is 5.69 Å². The second-order valence-electron chi connectivity index (χ2n) is 5.81. The van der Waals surface area contributed by atoms with Crippen molar-refractivity contribution in [3.63, 3.8) is 0 Å². The van der Waals surface area contributed by atoms with E-state index in [1.165, 1.54) is 0 Å². The maximum atomic E-state index is 6.18. The van der Waals surface area contributed by atoms with Crippen LogP contribution < -0.4 is 14.8 Å². The fourth-order valence-electron chi connectivity index (χ4n) is 2.78. The third kappa shape index (κ3) is 3.13. The number of hydrogen-bond acceptors (Lipinski definition) is 5. The minimum absolute atomic E-state index is 0.348. The number of aromatic nitrogens is 2. The molecule has 25 heavy (non-hydrogen) atoms. The van der Waals surface area contributed by atoms with Crippen LogP contribution in [0.1, 0.15) is 25.1 Å². The molecular weight excluding hydrogens is 314 g/mol. The van der Waals surface area contributed by atoms with E-state index >= 15 is 0 Å². The Labute approximate surface area is 146 Å². The highest BCUT2D eigenvalue weighted by Crippen LogP contribution is 2.39. The summed E-state index contributed by atoms with van der Waals surface area (Å²) in [6.07, 6.45) is 2.22. The summed E-state index contributed by atoms with van der Waals surface area (Å²) in [6.45, 7) is 2.66. The van der Waals surface area contributed by atoms with Crippen molar-refractivity contribution in [3.8, 4) is 23.0 Å². The lowest BCUT2D eigenvalue weighted by Gasteiger charge is -2.19. The molecule has 5 nitrogen and oxygen atoms in total. The normalized spacial score (nSPS) is 15.2. The number of benzene rings is 2. The van der Waals surface area contributed by atoms with E-state index in [-0.39, 0.29) is 6.23 Å². The maximum absolute atomic E-state index is 6.18. The highest BCUT2D eigenvalue weighted by Gasteiger charge is 2.25. The Hall–Kier alpha value is -3.08. The molecule has 0 radical (unpaired) electrons. The number of hydrogen-bond donors (Lipinski definition) is 1. The van der Waals surface area contributed by atoms with Gasteiger partial charge in [-0.3, -0.25) is 0 Å². The van der Waals surface area contributed by atoms with Crippen LogP contribution in [-0.2, 0) is 0 Å². The molecule has 0 bridgehead atoms. The first-order valence-electron chi connectivity index (χ1n) is 8.42. The summed E-state index contributed by atoms with van der Waals surface area (Å²) in [7, 11) is 0. The number of fused-ring (bicyclic) bond motifs is 3. The Kier molecular flexibility index (Phi) is 4.21. The van der Waals surface area contributed by atoms with Crippen LogP contribution >= 0.6 is 0 Å². The zero-order valence-electron chi connectivity index (χ0n) is 14.0. The topological polar surface area (TPSA) is 56.3 Å². The Morgan fingerprint density at radius 2 is 1.88 bits per heavy atom. The number of para-hydroxylation sites is 1. The molecule has 0 saturated heterocycles. The molecule has 3 aromatic rings. The van der Waals surface area contributed by atoms with Gasteiger partial charge in [0.25, 0.3) is 0 Å². The minimum Gasteiger partial charge on any atom is -0.477 e. The Balaban J connectivity index is 1.79. The quantitative estimate of drug-likeness (QED) is 0.765. The molecule has 0 saturated carbocycles. The lowest BCUT2D eigenvalue weighted by molar-refractivity contribution is 0.221. The monoisotopic (exact) mass is 333 g/mol. The summed E-state index contributed by atoms with van der Waals surface area (Å²) in [5.74, 6) is 0.951. The van der Waals surface area contributed by atoms with Crippen LogP contribution in [0.4, 0.5) is 5.69 Å². The van der Waals surface area contributed by atoms with Crippen LogP contribution in [0.25, 0.3) is 11.3 Å². The first kappa shape index (κ1) is 15.4. The van der Waals surface area contributed by atoms with Crippen molar-refractivity contribution < 1.29 is 9.47 Å². The van der Waals surface area contributed by atoms with Crippen molar-refractivity contribution in [1.82, 2.24) is 9.97 Å². The molecule has 2 heterocycles. The van der Waals surface area contributed by atoms with Crippen molar-refractivity contribution in [2.24, 2.45) is 0 Å². The standard InChI is InChI=1S/C20H19N3O2/c1-2-12-24-17-13-21-18-15-10-6-7-11-16(15)22-19(25-20(18)23-17)14-8-4-3-5-9-14/h3-11,13,19,22H,2,12H2,1H3. The van der Waals surface area contributed by atoms with Crippen molar-refractivity contribution in [1.29, 1.82) is 0 Å². The predicted octanol–water partition coefficient (Wildman–Crippen LogP) is 4.44. The molecule has 4 rings (SSSR count). The van der Waals surface area contributed by atoms with Gasteiger partial charge in [0.2, 0.25) is 11.8 Å². The summed E-state index contributed by atoms with van der Waals surface area (Å²) in [5, 5.41) is 3.44. The Morgan fingerprint density at radius 1 is 1.08 bits per heavy atom. The van der Waals surface area contributed by atoms with Gasteiger partial charge in [-0.1, -0.05) is 55.5 Å². The number of nitrogens with one attached hydrogen (secondary N) is 1. The number of anilines is 1. The van der Waals surface area contributed by atoms with Crippen molar-refractivity contribution in [2.45, 2.75) is 19.6 Å². The Morgan fingerprint density at radius 3 is 2.72 bits per heavy atom. The maximum Gasteiger partial charge on any atom is 0.246 e. The van der Waals surface area contributed by atoms with Gasteiger partial charge in [-0.15, -0.1) is 0 Å². The summed E-state index contributed by atoms with van der Waals surface area (Å²) in [5.41, 5.74) is 3.66. The van der Waals surface area contributed by atoms with Crippen LogP contribution in [0.15, 0.2) is 60.8 Å². The van der Waals surface area contributed by atoms with Gasteiger partial charge < -0.3 is 14.8 Å². The molecule has 1 aromatic heterocycles. The molecule has 1 unspecified atom stereocenters. The first-order valence-corrected chi connectivity index (χ1v) is 8.42. The van der Waals surface area contributed by atoms with Crippen molar-refractivity contribution in [3.05, 3.63) is 66.4 Å². The van der Waals surface area contributed by atoms with E-state index in [0.29, 0.717) is 24.1 Å².